The van der Waals surface area contributed by atoms with Crippen LogP contribution in [-0.4, -0.2) is 22.7 Å². The van der Waals surface area contributed by atoms with E-state index < -0.39 is 0 Å². The van der Waals surface area contributed by atoms with Crippen LogP contribution in [-0.2, 0) is 12.8 Å². The average molecular weight is 253 g/mol. The second kappa shape index (κ2) is 7.52. The van der Waals surface area contributed by atoms with Crippen molar-refractivity contribution in [3.63, 3.8) is 0 Å². The molecule has 1 heterocycles. The van der Waals surface area contributed by atoms with Gasteiger partial charge >= 0.3 is 0 Å². The Bertz CT molecular complexity index is 334. The van der Waals surface area contributed by atoms with E-state index >= 15 is 0 Å². The molecule has 1 aromatic rings. The molecule has 0 aliphatic carbocycles. The molecule has 18 heavy (non-hydrogen) atoms. The van der Waals surface area contributed by atoms with E-state index in [0.29, 0.717) is 17.9 Å². The summed E-state index contributed by atoms with van der Waals surface area (Å²) in [5.74, 6) is 2.72. The van der Waals surface area contributed by atoms with Crippen molar-refractivity contribution in [3.05, 3.63) is 11.7 Å². The van der Waals surface area contributed by atoms with Crippen LogP contribution in [0.25, 0.3) is 0 Å². The Morgan fingerprint density at radius 1 is 1.17 bits per heavy atom. The zero-order valence-corrected chi connectivity index (χ0v) is 12.4. The van der Waals surface area contributed by atoms with Gasteiger partial charge in [-0.2, -0.15) is 4.98 Å². The molecular weight excluding hydrogens is 226 g/mol. The lowest BCUT2D eigenvalue weighted by Gasteiger charge is -2.20. The molecule has 1 atom stereocenters. The first kappa shape index (κ1) is 15.2. The average Bonchev–Trinajstić information content (AvgIpc) is 2.70. The fraction of sp³-hybridized carbons (Fsp3) is 0.857. The maximum atomic E-state index is 5.33. The third-order valence-electron chi connectivity index (χ3n) is 2.96. The third-order valence-corrected chi connectivity index (χ3v) is 2.96. The van der Waals surface area contributed by atoms with Crippen molar-refractivity contribution in [3.8, 4) is 0 Å². The van der Waals surface area contributed by atoms with Gasteiger partial charge in [-0.05, 0) is 24.8 Å². The lowest BCUT2D eigenvalue weighted by Crippen LogP contribution is -2.36. The second-order valence-electron chi connectivity index (χ2n) is 5.71. The Kier molecular flexibility index (Phi) is 6.33. The minimum absolute atomic E-state index is 0.414. The van der Waals surface area contributed by atoms with Crippen molar-refractivity contribution in [2.24, 2.45) is 11.8 Å². The van der Waals surface area contributed by atoms with Gasteiger partial charge in [-0.15, -0.1) is 0 Å². The predicted molar refractivity (Wildman–Crippen MR) is 73.5 cm³/mol. The highest BCUT2D eigenvalue weighted by Gasteiger charge is 2.17. The molecule has 0 spiro atoms. The van der Waals surface area contributed by atoms with Crippen LogP contribution in [0.1, 0.15) is 52.8 Å². The van der Waals surface area contributed by atoms with E-state index in [2.05, 4.69) is 50.1 Å². The molecule has 0 bridgehead atoms. The lowest BCUT2D eigenvalue weighted by molar-refractivity contribution is 0.324. The summed E-state index contributed by atoms with van der Waals surface area (Å²) in [5, 5.41) is 7.57. The maximum Gasteiger partial charge on any atom is 0.228 e. The Labute approximate surface area is 111 Å². The highest BCUT2D eigenvalue weighted by molar-refractivity contribution is 4.91. The zero-order valence-electron chi connectivity index (χ0n) is 12.4. The van der Waals surface area contributed by atoms with Crippen molar-refractivity contribution < 1.29 is 4.52 Å². The molecule has 1 unspecified atom stereocenters. The first-order valence-corrected chi connectivity index (χ1v) is 7.07. The van der Waals surface area contributed by atoms with Gasteiger partial charge in [0.05, 0.1) is 0 Å². The van der Waals surface area contributed by atoms with Crippen molar-refractivity contribution in [1.82, 2.24) is 15.5 Å². The van der Waals surface area contributed by atoms with Crippen LogP contribution in [0.3, 0.4) is 0 Å². The van der Waals surface area contributed by atoms with Crippen LogP contribution in [0.2, 0.25) is 0 Å². The minimum atomic E-state index is 0.414. The topological polar surface area (TPSA) is 51.0 Å². The fourth-order valence-electron chi connectivity index (χ4n) is 1.88. The molecule has 4 nitrogen and oxygen atoms in total. The van der Waals surface area contributed by atoms with Crippen molar-refractivity contribution in [1.29, 1.82) is 0 Å². The molecule has 4 heteroatoms. The van der Waals surface area contributed by atoms with Crippen LogP contribution in [0.5, 0.6) is 0 Å². The Morgan fingerprint density at radius 3 is 2.44 bits per heavy atom. The van der Waals surface area contributed by atoms with Gasteiger partial charge in [0.1, 0.15) is 0 Å². The van der Waals surface area contributed by atoms with E-state index in [1.807, 2.05) is 0 Å². The van der Waals surface area contributed by atoms with Gasteiger partial charge in [-0.3, -0.25) is 0 Å². The largest absolute Gasteiger partial charge is 0.339 e. The number of nitrogens with one attached hydrogen (secondary N) is 1. The number of hydrogen-bond donors (Lipinski definition) is 1. The van der Waals surface area contributed by atoms with Crippen LogP contribution in [0, 0.1) is 11.8 Å². The van der Waals surface area contributed by atoms with E-state index in [9.17, 15) is 0 Å². The summed E-state index contributed by atoms with van der Waals surface area (Å²) in [7, 11) is 0. The van der Waals surface area contributed by atoms with Gasteiger partial charge in [0.25, 0.3) is 0 Å². The zero-order chi connectivity index (χ0) is 13.5. The molecule has 1 N–H and O–H groups in total. The molecule has 1 rings (SSSR count). The number of aromatic nitrogens is 2. The highest BCUT2D eigenvalue weighted by Crippen LogP contribution is 2.11. The molecule has 0 aromatic carbocycles. The summed E-state index contributed by atoms with van der Waals surface area (Å²) < 4.78 is 5.33. The summed E-state index contributed by atoms with van der Waals surface area (Å²) in [5.41, 5.74) is 0. The monoisotopic (exact) mass is 253 g/mol. The molecule has 0 amide bonds. The van der Waals surface area contributed by atoms with E-state index in [0.717, 1.165) is 37.5 Å². The first-order valence-electron chi connectivity index (χ1n) is 7.07. The standard InChI is InChI=1S/C14H27N3O/c1-6-7-15-12(11(4)5)9-14-16-13(17-18-14)8-10(2)3/h10-12,15H,6-9H2,1-5H3. The minimum Gasteiger partial charge on any atom is -0.339 e. The Balaban J connectivity index is 2.55. The van der Waals surface area contributed by atoms with Crippen LogP contribution >= 0.6 is 0 Å². The molecule has 0 saturated heterocycles. The summed E-state index contributed by atoms with van der Waals surface area (Å²) in [6, 6.07) is 0.414. The predicted octanol–water partition coefficient (Wildman–Crippen LogP) is 2.83. The van der Waals surface area contributed by atoms with Gasteiger partial charge in [0, 0.05) is 18.9 Å². The van der Waals surface area contributed by atoms with Gasteiger partial charge < -0.3 is 9.84 Å². The summed E-state index contributed by atoms with van der Waals surface area (Å²) in [4.78, 5) is 4.46. The molecule has 0 saturated carbocycles. The number of hydrogen-bond acceptors (Lipinski definition) is 4. The van der Waals surface area contributed by atoms with Crippen molar-refractivity contribution in [2.75, 3.05) is 6.54 Å². The van der Waals surface area contributed by atoms with Gasteiger partial charge in [0.15, 0.2) is 5.82 Å². The molecule has 104 valence electrons. The fourth-order valence-corrected chi connectivity index (χ4v) is 1.88. The summed E-state index contributed by atoms with van der Waals surface area (Å²) in [6.07, 6.45) is 2.85. The van der Waals surface area contributed by atoms with Crippen molar-refractivity contribution >= 4 is 0 Å². The Morgan fingerprint density at radius 2 is 1.89 bits per heavy atom. The molecule has 0 aliphatic rings. The molecule has 0 radical (unpaired) electrons. The normalized spacial score (nSPS) is 13.5. The van der Waals surface area contributed by atoms with Crippen LogP contribution < -0.4 is 5.32 Å². The highest BCUT2D eigenvalue weighted by atomic mass is 16.5. The Hall–Kier alpha value is -0.900. The molecule has 0 aliphatic heterocycles. The van der Waals surface area contributed by atoms with Crippen LogP contribution in [0.15, 0.2) is 4.52 Å². The molecule has 1 aromatic heterocycles. The number of nitrogens with zero attached hydrogens (tertiary/aromatic N) is 2. The second-order valence-corrected chi connectivity index (χ2v) is 5.71. The quantitative estimate of drug-likeness (QED) is 0.774. The maximum absolute atomic E-state index is 5.33. The van der Waals surface area contributed by atoms with Gasteiger partial charge in [0.2, 0.25) is 5.89 Å². The van der Waals surface area contributed by atoms with Crippen LogP contribution in [0.4, 0.5) is 0 Å². The SMILES string of the molecule is CCCNC(Cc1nc(CC(C)C)no1)C(C)C. The van der Waals surface area contributed by atoms with Gasteiger partial charge in [-0.1, -0.05) is 39.8 Å². The van der Waals surface area contributed by atoms with E-state index in [-0.39, 0.29) is 0 Å². The van der Waals surface area contributed by atoms with Gasteiger partial charge in [-0.25, -0.2) is 0 Å². The lowest BCUT2D eigenvalue weighted by atomic mass is 10.0. The summed E-state index contributed by atoms with van der Waals surface area (Å²) >= 11 is 0. The third kappa shape index (κ3) is 5.17. The number of rotatable bonds is 8. The van der Waals surface area contributed by atoms with Crippen molar-refractivity contribution in [2.45, 2.75) is 59.9 Å². The first-order chi connectivity index (χ1) is 8.52. The molecular formula is C14H27N3O. The molecule has 0 fully saturated rings. The summed E-state index contributed by atoms with van der Waals surface area (Å²) in [6.45, 7) is 12.0. The smallest absolute Gasteiger partial charge is 0.228 e. The van der Waals surface area contributed by atoms with E-state index in [4.69, 9.17) is 4.52 Å². The van der Waals surface area contributed by atoms with E-state index in [1.165, 1.54) is 0 Å². The van der Waals surface area contributed by atoms with E-state index in [1.54, 1.807) is 0 Å².